The van der Waals surface area contributed by atoms with Crippen molar-refractivity contribution in [2.45, 2.75) is 6.42 Å². The molecule has 6 heteroatoms. The molecule has 0 aromatic heterocycles. The van der Waals surface area contributed by atoms with E-state index in [1.807, 2.05) is 0 Å². The summed E-state index contributed by atoms with van der Waals surface area (Å²) in [5.41, 5.74) is 0.417. The van der Waals surface area contributed by atoms with Gasteiger partial charge in [0.1, 0.15) is 5.82 Å². The van der Waals surface area contributed by atoms with Crippen molar-refractivity contribution < 1.29 is 19.2 Å². The molecule has 0 atom stereocenters. The Balaban J connectivity index is 2.86. The van der Waals surface area contributed by atoms with Crippen molar-refractivity contribution in [1.82, 2.24) is 0 Å². The van der Waals surface area contributed by atoms with Crippen LogP contribution in [0, 0.1) is 15.9 Å². The van der Waals surface area contributed by atoms with E-state index in [2.05, 4.69) is 0 Å². The Morgan fingerprint density at radius 1 is 1.41 bits per heavy atom. The van der Waals surface area contributed by atoms with Crippen molar-refractivity contribution in [2.24, 2.45) is 0 Å². The maximum absolute atomic E-state index is 12.6. The molecule has 0 saturated heterocycles. The fraction of sp³-hybridized carbons (Fsp3) is 0.182. The average Bonchev–Trinajstić information content (AvgIpc) is 2.26. The molecule has 90 valence electrons. The molecule has 0 amide bonds. The summed E-state index contributed by atoms with van der Waals surface area (Å²) in [5, 5.41) is 19.0. The summed E-state index contributed by atoms with van der Waals surface area (Å²) < 4.78 is 12.6. The third-order valence-corrected chi connectivity index (χ3v) is 2.05. The SMILES string of the molecule is O=C(O)/C(=C\c1ccc(F)cc1)CC[N+](=O)[O-]. The van der Waals surface area contributed by atoms with Crippen LogP contribution < -0.4 is 0 Å². The Bertz CT molecular complexity index is 453. The topological polar surface area (TPSA) is 80.4 Å². The number of carboxylic acid groups (broad SMARTS) is 1. The van der Waals surface area contributed by atoms with Crippen LogP contribution in [0.25, 0.3) is 6.08 Å². The number of benzene rings is 1. The third kappa shape index (κ3) is 4.42. The van der Waals surface area contributed by atoms with Crippen LogP contribution in [0.15, 0.2) is 29.8 Å². The van der Waals surface area contributed by atoms with Crippen molar-refractivity contribution >= 4 is 12.0 Å². The van der Waals surface area contributed by atoms with E-state index >= 15 is 0 Å². The molecular formula is C11H10FNO4. The zero-order chi connectivity index (χ0) is 12.8. The van der Waals surface area contributed by atoms with Gasteiger partial charge in [-0.2, -0.15) is 0 Å². The molecule has 1 aromatic carbocycles. The van der Waals surface area contributed by atoms with E-state index in [0.29, 0.717) is 5.56 Å². The first kappa shape index (κ1) is 12.8. The summed E-state index contributed by atoms with van der Waals surface area (Å²) in [7, 11) is 0. The van der Waals surface area contributed by atoms with Gasteiger partial charge >= 0.3 is 5.97 Å². The fourth-order valence-electron chi connectivity index (χ4n) is 1.21. The Morgan fingerprint density at radius 3 is 2.47 bits per heavy atom. The first-order valence-electron chi connectivity index (χ1n) is 4.80. The van der Waals surface area contributed by atoms with Gasteiger partial charge in [0.2, 0.25) is 6.54 Å². The third-order valence-electron chi connectivity index (χ3n) is 2.05. The number of nitro groups is 1. The number of nitrogens with zero attached hydrogens (tertiary/aromatic N) is 1. The van der Waals surface area contributed by atoms with Gasteiger partial charge in [-0.1, -0.05) is 12.1 Å². The van der Waals surface area contributed by atoms with Gasteiger partial charge in [-0.3, -0.25) is 10.1 Å². The molecule has 0 bridgehead atoms. The molecule has 0 unspecified atom stereocenters. The average molecular weight is 239 g/mol. The summed E-state index contributed by atoms with van der Waals surface area (Å²) in [6.07, 6.45) is 1.13. The zero-order valence-electron chi connectivity index (χ0n) is 8.80. The molecule has 0 aliphatic rings. The number of hydrogen-bond donors (Lipinski definition) is 1. The zero-order valence-corrected chi connectivity index (χ0v) is 8.80. The summed E-state index contributed by atoms with van der Waals surface area (Å²) in [5.74, 6) is -1.64. The first-order chi connectivity index (χ1) is 7.99. The largest absolute Gasteiger partial charge is 0.478 e. The van der Waals surface area contributed by atoms with Crippen LogP contribution in [0.1, 0.15) is 12.0 Å². The molecule has 1 aromatic rings. The smallest absolute Gasteiger partial charge is 0.331 e. The molecule has 1 rings (SSSR count). The number of halogens is 1. The van der Waals surface area contributed by atoms with E-state index in [1.54, 1.807) is 0 Å². The molecule has 0 radical (unpaired) electrons. The highest BCUT2D eigenvalue weighted by molar-refractivity contribution is 5.92. The number of carboxylic acids is 1. The molecule has 0 saturated carbocycles. The second-order valence-corrected chi connectivity index (χ2v) is 3.33. The van der Waals surface area contributed by atoms with Gasteiger partial charge in [0.05, 0.1) is 0 Å². The van der Waals surface area contributed by atoms with Gasteiger partial charge in [0.15, 0.2) is 0 Å². The van der Waals surface area contributed by atoms with Crippen LogP contribution >= 0.6 is 0 Å². The number of aliphatic carboxylic acids is 1. The highest BCUT2D eigenvalue weighted by Gasteiger charge is 2.10. The van der Waals surface area contributed by atoms with Crippen LogP contribution in [-0.2, 0) is 4.79 Å². The fourth-order valence-corrected chi connectivity index (χ4v) is 1.21. The van der Waals surface area contributed by atoms with Gasteiger partial charge in [-0.15, -0.1) is 0 Å². The van der Waals surface area contributed by atoms with Gasteiger partial charge < -0.3 is 5.11 Å². The van der Waals surface area contributed by atoms with E-state index in [9.17, 15) is 19.3 Å². The molecule has 0 aliphatic heterocycles. The monoisotopic (exact) mass is 239 g/mol. The van der Waals surface area contributed by atoms with Crippen molar-refractivity contribution in [3.8, 4) is 0 Å². The van der Waals surface area contributed by atoms with Crippen LogP contribution in [0.3, 0.4) is 0 Å². The summed E-state index contributed by atoms with van der Waals surface area (Å²) >= 11 is 0. The Hall–Kier alpha value is -2.24. The Morgan fingerprint density at radius 2 is 2.00 bits per heavy atom. The molecule has 1 N–H and O–H groups in total. The highest BCUT2D eigenvalue weighted by Crippen LogP contribution is 2.11. The lowest BCUT2D eigenvalue weighted by atomic mass is 10.1. The van der Waals surface area contributed by atoms with E-state index in [4.69, 9.17) is 5.11 Å². The van der Waals surface area contributed by atoms with Crippen molar-refractivity contribution in [1.29, 1.82) is 0 Å². The van der Waals surface area contributed by atoms with E-state index in [0.717, 1.165) is 0 Å². The highest BCUT2D eigenvalue weighted by atomic mass is 19.1. The second-order valence-electron chi connectivity index (χ2n) is 3.33. The summed E-state index contributed by atoms with van der Waals surface area (Å²) in [4.78, 5) is 20.4. The van der Waals surface area contributed by atoms with Crippen LogP contribution in [0.4, 0.5) is 4.39 Å². The quantitative estimate of drug-likeness (QED) is 0.484. The summed E-state index contributed by atoms with van der Waals surface area (Å²) in [6, 6.07) is 5.20. The van der Waals surface area contributed by atoms with E-state index in [1.165, 1.54) is 30.3 Å². The number of hydrogen-bond acceptors (Lipinski definition) is 3. The van der Waals surface area contributed by atoms with Crippen LogP contribution in [0.5, 0.6) is 0 Å². The van der Waals surface area contributed by atoms with Gasteiger partial charge in [-0.05, 0) is 23.8 Å². The van der Waals surface area contributed by atoms with E-state index < -0.39 is 23.3 Å². The maximum Gasteiger partial charge on any atom is 0.331 e. The van der Waals surface area contributed by atoms with Crippen molar-refractivity contribution in [3.63, 3.8) is 0 Å². The molecule has 17 heavy (non-hydrogen) atoms. The minimum atomic E-state index is -1.21. The lowest BCUT2D eigenvalue weighted by Crippen LogP contribution is -2.07. The molecule has 5 nitrogen and oxygen atoms in total. The maximum atomic E-state index is 12.6. The Kier molecular flexibility index (Phi) is 4.33. The van der Waals surface area contributed by atoms with Crippen molar-refractivity contribution in [2.75, 3.05) is 6.54 Å². The number of carbonyl (C=O) groups is 1. The lowest BCUT2D eigenvalue weighted by Gasteiger charge is -1.99. The van der Waals surface area contributed by atoms with Gasteiger partial charge in [0.25, 0.3) is 0 Å². The Labute approximate surface area is 96.3 Å². The molecule has 0 heterocycles. The second kappa shape index (κ2) is 5.74. The first-order valence-corrected chi connectivity index (χ1v) is 4.80. The van der Waals surface area contributed by atoms with Gasteiger partial charge in [0, 0.05) is 16.9 Å². The predicted molar refractivity (Wildman–Crippen MR) is 58.5 cm³/mol. The van der Waals surface area contributed by atoms with Crippen LogP contribution in [-0.4, -0.2) is 22.5 Å². The minimum absolute atomic E-state index is 0.0756. The standard InChI is InChI=1S/C11H10FNO4/c12-10-3-1-8(2-4-10)7-9(11(14)15)5-6-13(16)17/h1-4,7H,5-6H2,(H,14,15)/b9-7-. The minimum Gasteiger partial charge on any atom is -0.478 e. The lowest BCUT2D eigenvalue weighted by molar-refractivity contribution is -0.479. The van der Waals surface area contributed by atoms with Gasteiger partial charge in [-0.25, -0.2) is 9.18 Å². The molecular weight excluding hydrogens is 229 g/mol. The summed E-state index contributed by atoms with van der Waals surface area (Å²) in [6.45, 7) is -0.445. The van der Waals surface area contributed by atoms with Crippen LogP contribution in [0.2, 0.25) is 0 Å². The van der Waals surface area contributed by atoms with E-state index in [-0.39, 0.29) is 12.0 Å². The predicted octanol–water partition coefficient (Wildman–Crippen LogP) is 1.96. The number of rotatable bonds is 5. The van der Waals surface area contributed by atoms with Crippen molar-refractivity contribution in [3.05, 3.63) is 51.3 Å². The molecule has 0 aliphatic carbocycles. The molecule has 0 fully saturated rings. The normalized spacial score (nSPS) is 11.2. The molecule has 0 spiro atoms.